The van der Waals surface area contributed by atoms with Crippen molar-refractivity contribution in [1.29, 1.82) is 0 Å². The van der Waals surface area contributed by atoms with Crippen LogP contribution in [-0.4, -0.2) is 30.6 Å². The zero-order valence-electron chi connectivity index (χ0n) is 11.4. The minimum Gasteiger partial charge on any atom is -0.383 e. The van der Waals surface area contributed by atoms with Gasteiger partial charge < -0.3 is 5.32 Å². The van der Waals surface area contributed by atoms with Crippen molar-refractivity contribution >= 4 is 5.69 Å². The molecule has 1 aromatic carbocycles. The SMILES string of the molecule is CC(C)C(C)N(C)C1CNc2ccccc2C1. The van der Waals surface area contributed by atoms with Gasteiger partial charge >= 0.3 is 0 Å². The van der Waals surface area contributed by atoms with Crippen LogP contribution in [0, 0.1) is 5.92 Å². The van der Waals surface area contributed by atoms with Crippen LogP contribution in [0.25, 0.3) is 0 Å². The van der Waals surface area contributed by atoms with Crippen molar-refractivity contribution in [3.05, 3.63) is 29.8 Å². The lowest BCUT2D eigenvalue weighted by Crippen LogP contribution is -2.47. The Bertz CT molecular complexity index is 373. The van der Waals surface area contributed by atoms with E-state index in [9.17, 15) is 0 Å². The number of para-hydroxylation sites is 1. The van der Waals surface area contributed by atoms with Crippen LogP contribution in [-0.2, 0) is 6.42 Å². The second-order valence-electron chi connectivity index (χ2n) is 5.55. The van der Waals surface area contributed by atoms with E-state index < -0.39 is 0 Å². The predicted molar refractivity (Wildman–Crippen MR) is 74.5 cm³/mol. The van der Waals surface area contributed by atoms with Crippen LogP contribution in [0.2, 0.25) is 0 Å². The average molecular weight is 232 g/mol. The molecule has 0 spiro atoms. The minimum absolute atomic E-state index is 0.613. The summed E-state index contributed by atoms with van der Waals surface area (Å²) in [5.41, 5.74) is 2.76. The maximum Gasteiger partial charge on any atom is 0.0373 e. The Morgan fingerprint density at radius 3 is 2.65 bits per heavy atom. The van der Waals surface area contributed by atoms with Gasteiger partial charge in [-0.1, -0.05) is 32.0 Å². The van der Waals surface area contributed by atoms with E-state index in [1.807, 2.05) is 0 Å². The second kappa shape index (κ2) is 5.09. The number of rotatable bonds is 3. The molecular weight excluding hydrogens is 208 g/mol. The number of hydrogen-bond acceptors (Lipinski definition) is 2. The molecule has 94 valence electrons. The highest BCUT2D eigenvalue weighted by molar-refractivity contribution is 5.53. The lowest BCUT2D eigenvalue weighted by atomic mass is 9.96. The highest BCUT2D eigenvalue weighted by Gasteiger charge is 2.25. The van der Waals surface area contributed by atoms with Gasteiger partial charge in [0.15, 0.2) is 0 Å². The van der Waals surface area contributed by atoms with Crippen molar-refractivity contribution in [2.45, 2.75) is 39.3 Å². The third kappa shape index (κ3) is 2.63. The van der Waals surface area contributed by atoms with Gasteiger partial charge in [-0.25, -0.2) is 0 Å². The van der Waals surface area contributed by atoms with E-state index in [2.05, 4.69) is 62.3 Å². The van der Waals surface area contributed by atoms with Gasteiger partial charge in [-0.2, -0.15) is 0 Å². The number of benzene rings is 1. The summed E-state index contributed by atoms with van der Waals surface area (Å²) in [6.07, 6.45) is 1.16. The fourth-order valence-corrected chi connectivity index (χ4v) is 2.52. The fourth-order valence-electron chi connectivity index (χ4n) is 2.52. The Labute approximate surface area is 105 Å². The Hall–Kier alpha value is -1.02. The van der Waals surface area contributed by atoms with Gasteiger partial charge in [0.25, 0.3) is 0 Å². The maximum absolute atomic E-state index is 3.55. The number of fused-ring (bicyclic) bond motifs is 1. The third-order valence-corrected chi connectivity index (χ3v) is 4.18. The second-order valence-corrected chi connectivity index (χ2v) is 5.55. The summed E-state index contributed by atoms with van der Waals surface area (Å²) in [7, 11) is 2.25. The Morgan fingerprint density at radius 2 is 1.94 bits per heavy atom. The first-order valence-electron chi connectivity index (χ1n) is 6.63. The Kier molecular flexibility index (Phi) is 3.72. The van der Waals surface area contributed by atoms with Crippen LogP contribution in [0.15, 0.2) is 24.3 Å². The molecule has 1 aliphatic rings. The highest BCUT2D eigenvalue weighted by Crippen LogP contribution is 2.24. The Balaban J connectivity index is 2.07. The molecule has 1 aliphatic heterocycles. The molecule has 0 bridgehead atoms. The molecular formula is C15H24N2. The van der Waals surface area contributed by atoms with E-state index in [1.54, 1.807) is 0 Å². The van der Waals surface area contributed by atoms with E-state index in [-0.39, 0.29) is 0 Å². The molecule has 0 amide bonds. The van der Waals surface area contributed by atoms with Crippen molar-refractivity contribution in [2.24, 2.45) is 5.92 Å². The van der Waals surface area contributed by atoms with Gasteiger partial charge in [0, 0.05) is 24.3 Å². The summed E-state index contributed by atoms with van der Waals surface area (Å²) in [5, 5.41) is 3.55. The molecule has 0 aliphatic carbocycles. The molecule has 1 aromatic rings. The molecule has 1 heterocycles. The molecule has 2 atom stereocenters. The highest BCUT2D eigenvalue weighted by atomic mass is 15.2. The van der Waals surface area contributed by atoms with Crippen LogP contribution < -0.4 is 5.32 Å². The lowest BCUT2D eigenvalue weighted by molar-refractivity contribution is 0.151. The van der Waals surface area contributed by atoms with Gasteiger partial charge in [0.05, 0.1) is 0 Å². The number of nitrogens with one attached hydrogen (secondary N) is 1. The monoisotopic (exact) mass is 232 g/mol. The van der Waals surface area contributed by atoms with Crippen LogP contribution in [0.1, 0.15) is 26.3 Å². The van der Waals surface area contributed by atoms with Gasteiger partial charge in [-0.3, -0.25) is 4.90 Å². The molecule has 2 rings (SSSR count). The van der Waals surface area contributed by atoms with E-state index >= 15 is 0 Å². The number of likely N-dealkylation sites (N-methyl/N-ethyl adjacent to an activating group) is 1. The van der Waals surface area contributed by atoms with Gasteiger partial charge in [0.1, 0.15) is 0 Å². The molecule has 1 N–H and O–H groups in total. The van der Waals surface area contributed by atoms with Crippen LogP contribution >= 0.6 is 0 Å². The summed E-state index contributed by atoms with van der Waals surface area (Å²) in [6.45, 7) is 7.98. The standard InChI is InChI=1S/C15H24N2/c1-11(2)12(3)17(4)14-9-13-7-5-6-8-15(13)16-10-14/h5-8,11-12,14,16H,9-10H2,1-4H3. The molecule has 2 unspecified atom stereocenters. The average Bonchev–Trinajstić information content (AvgIpc) is 2.36. The summed E-state index contributed by atoms with van der Waals surface area (Å²) >= 11 is 0. The Morgan fingerprint density at radius 1 is 1.24 bits per heavy atom. The van der Waals surface area contributed by atoms with Gasteiger partial charge in [0.2, 0.25) is 0 Å². The molecule has 0 fully saturated rings. The van der Waals surface area contributed by atoms with E-state index in [4.69, 9.17) is 0 Å². The lowest BCUT2D eigenvalue weighted by Gasteiger charge is -2.38. The smallest absolute Gasteiger partial charge is 0.0373 e. The molecule has 2 heteroatoms. The zero-order valence-corrected chi connectivity index (χ0v) is 11.4. The molecule has 0 aromatic heterocycles. The molecule has 0 saturated heterocycles. The normalized spacial score (nSPS) is 21.2. The van der Waals surface area contributed by atoms with Crippen LogP contribution in [0.4, 0.5) is 5.69 Å². The largest absolute Gasteiger partial charge is 0.383 e. The van der Waals surface area contributed by atoms with Crippen LogP contribution in [0.5, 0.6) is 0 Å². The fraction of sp³-hybridized carbons (Fsp3) is 0.600. The van der Waals surface area contributed by atoms with Crippen LogP contribution in [0.3, 0.4) is 0 Å². The zero-order chi connectivity index (χ0) is 12.4. The molecule has 0 radical (unpaired) electrons. The number of anilines is 1. The van der Waals surface area contributed by atoms with E-state index in [0.29, 0.717) is 18.0 Å². The maximum atomic E-state index is 3.55. The first-order chi connectivity index (χ1) is 8.09. The topological polar surface area (TPSA) is 15.3 Å². The molecule has 17 heavy (non-hydrogen) atoms. The number of nitrogens with zero attached hydrogens (tertiary/aromatic N) is 1. The summed E-state index contributed by atoms with van der Waals surface area (Å²) in [6, 6.07) is 9.90. The van der Waals surface area contributed by atoms with Crippen molar-refractivity contribution < 1.29 is 0 Å². The predicted octanol–water partition coefficient (Wildman–Crippen LogP) is 3.00. The van der Waals surface area contributed by atoms with Gasteiger partial charge in [-0.15, -0.1) is 0 Å². The summed E-state index contributed by atoms with van der Waals surface area (Å²) < 4.78 is 0. The van der Waals surface area contributed by atoms with E-state index in [0.717, 1.165) is 13.0 Å². The van der Waals surface area contributed by atoms with Crippen molar-refractivity contribution in [2.75, 3.05) is 18.9 Å². The number of hydrogen-bond donors (Lipinski definition) is 1. The van der Waals surface area contributed by atoms with Gasteiger partial charge in [-0.05, 0) is 37.9 Å². The first-order valence-corrected chi connectivity index (χ1v) is 6.63. The quantitative estimate of drug-likeness (QED) is 0.862. The first kappa shape index (κ1) is 12.4. The van der Waals surface area contributed by atoms with Crippen molar-refractivity contribution in [1.82, 2.24) is 4.90 Å². The third-order valence-electron chi connectivity index (χ3n) is 4.18. The summed E-state index contributed by atoms with van der Waals surface area (Å²) in [5.74, 6) is 0.706. The van der Waals surface area contributed by atoms with Crippen molar-refractivity contribution in [3.8, 4) is 0 Å². The minimum atomic E-state index is 0.613. The van der Waals surface area contributed by atoms with E-state index in [1.165, 1.54) is 11.3 Å². The van der Waals surface area contributed by atoms with Crippen molar-refractivity contribution in [3.63, 3.8) is 0 Å². The molecule has 2 nitrogen and oxygen atoms in total. The summed E-state index contributed by atoms with van der Waals surface area (Å²) in [4.78, 5) is 2.52. The molecule has 0 saturated carbocycles.